The van der Waals surface area contributed by atoms with Gasteiger partial charge in [-0.25, -0.2) is 9.59 Å². The van der Waals surface area contributed by atoms with E-state index in [1.54, 1.807) is 31.2 Å². The molecule has 3 heterocycles. The Labute approximate surface area is 204 Å². The highest BCUT2D eigenvalue weighted by molar-refractivity contribution is 7.18. The summed E-state index contributed by atoms with van der Waals surface area (Å²) in [5.41, 5.74) is 0.477. The number of esters is 2. The quantitative estimate of drug-likeness (QED) is 0.420. The van der Waals surface area contributed by atoms with Gasteiger partial charge in [-0.1, -0.05) is 6.92 Å². The first-order valence-electron chi connectivity index (χ1n) is 10.7. The summed E-state index contributed by atoms with van der Waals surface area (Å²) < 4.78 is 31.9. The van der Waals surface area contributed by atoms with Gasteiger partial charge in [0.05, 0.1) is 19.3 Å². The number of rotatable bonds is 9. The molecule has 2 aromatic heterocycles. The van der Waals surface area contributed by atoms with Crippen molar-refractivity contribution in [1.29, 1.82) is 0 Å². The number of hydrogen-bond acceptors (Lipinski definition) is 10. The smallest absolute Gasteiger partial charge is 0.348 e. The Morgan fingerprint density at radius 2 is 1.89 bits per heavy atom. The lowest BCUT2D eigenvalue weighted by atomic mass is 10.1. The van der Waals surface area contributed by atoms with Crippen molar-refractivity contribution in [1.82, 2.24) is 0 Å². The second-order valence-electron chi connectivity index (χ2n) is 7.41. The van der Waals surface area contributed by atoms with Crippen molar-refractivity contribution in [2.24, 2.45) is 0 Å². The third-order valence-corrected chi connectivity index (χ3v) is 6.18. The molecule has 0 saturated carbocycles. The molecule has 0 unspecified atom stereocenters. The van der Waals surface area contributed by atoms with E-state index in [2.05, 4.69) is 5.32 Å². The van der Waals surface area contributed by atoms with E-state index in [0.717, 1.165) is 11.3 Å². The number of thiophene rings is 1. The average Bonchev–Trinajstić information content (AvgIpc) is 3.59. The zero-order valence-electron chi connectivity index (χ0n) is 19.3. The van der Waals surface area contributed by atoms with E-state index < -0.39 is 17.8 Å². The van der Waals surface area contributed by atoms with Crippen LogP contribution in [0.15, 0.2) is 34.7 Å². The molecule has 1 N–H and O–H groups in total. The lowest BCUT2D eigenvalue weighted by Gasteiger charge is -2.07. The highest BCUT2D eigenvalue weighted by atomic mass is 32.1. The molecule has 0 atom stereocenters. The summed E-state index contributed by atoms with van der Waals surface area (Å²) in [4.78, 5) is 37.8. The second-order valence-corrected chi connectivity index (χ2v) is 8.43. The lowest BCUT2D eigenvalue weighted by Crippen LogP contribution is -2.14. The maximum atomic E-state index is 12.8. The van der Waals surface area contributed by atoms with Crippen LogP contribution in [-0.4, -0.2) is 38.4 Å². The molecular weight excluding hydrogens is 478 g/mol. The Bertz CT molecular complexity index is 1260. The number of furan rings is 1. The van der Waals surface area contributed by atoms with Gasteiger partial charge in [0.25, 0.3) is 5.91 Å². The highest BCUT2D eigenvalue weighted by Gasteiger charge is 2.28. The van der Waals surface area contributed by atoms with Gasteiger partial charge in [0, 0.05) is 6.07 Å². The third-order valence-electron chi connectivity index (χ3n) is 5.00. The van der Waals surface area contributed by atoms with Gasteiger partial charge < -0.3 is 33.4 Å². The Balaban J connectivity index is 1.46. The minimum absolute atomic E-state index is 0.00725. The first kappa shape index (κ1) is 24.1. The molecule has 4 rings (SSSR count). The summed E-state index contributed by atoms with van der Waals surface area (Å²) in [7, 11) is 1.24. The molecule has 3 aromatic rings. The van der Waals surface area contributed by atoms with Crippen molar-refractivity contribution in [3.63, 3.8) is 0 Å². The number of nitrogens with one attached hydrogen (secondary N) is 1. The number of fused-ring (bicyclic) bond motifs is 1. The third kappa shape index (κ3) is 5.24. The normalized spacial score (nSPS) is 11.7. The molecule has 184 valence electrons. The second kappa shape index (κ2) is 10.5. The summed E-state index contributed by atoms with van der Waals surface area (Å²) in [6.07, 6.45) is 0.629. The van der Waals surface area contributed by atoms with E-state index in [-0.39, 0.29) is 41.2 Å². The number of amides is 1. The summed E-state index contributed by atoms with van der Waals surface area (Å²) >= 11 is 0.932. The van der Waals surface area contributed by atoms with Gasteiger partial charge in [0.15, 0.2) is 17.3 Å². The molecule has 1 aliphatic rings. The van der Waals surface area contributed by atoms with Gasteiger partial charge in [-0.3, -0.25) is 4.79 Å². The molecule has 0 saturated heterocycles. The SMILES string of the molecule is CCCOC(=O)c1c(NC(=O)c2ccc(COc3ccc4c(c3)OCO4)o2)sc(C(=O)OC)c1C. The summed E-state index contributed by atoms with van der Waals surface area (Å²) in [6, 6.07) is 8.28. The monoisotopic (exact) mass is 501 g/mol. The molecule has 11 heteroatoms. The van der Waals surface area contributed by atoms with Crippen molar-refractivity contribution in [2.75, 3.05) is 25.8 Å². The fraction of sp³-hybridized carbons (Fsp3) is 0.292. The fourth-order valence-corrected chi connectivity index (χ4v) is 4.37. The molecule has 0 spiro atoms. The van der Waals surface area contributed by atoms with Gasteiger partial charge in [-0.15, -0.1) is 11.3 Å². The van der Waals surface area contributed by atoms with Gasteiger partial charge >= 0.3 is 11.9 Å². The van der Waals surface area contributed by atoms with Crippen LogP contribution in [0.5, 0.6) is 17.2 Å². The number of anilines is 1. The van der Waals surface area contributed by atoms with Gasteiger partial charge in [-0.2, -0.15) is 0 Å². The molecule has 10 nitrogen and oxygen atoms in total. The largest absolute Gasteiger partial charge is 0.486 e. The predicted octanol–water partition coefficient (Wildman–Crippen LogP) is 4.56. The Hall–Kier alpha value is -3.99. The van der Waals surface area contributed by atoms with E-state index in [1.165, 1.54) is 13.2 Å². The van der Waals surface area contributed by atoms with Gasteiger partial charge in [0.2, 0.25) is 6.79 Å². The first-order chi connectivity index (χ1) is 16.9. The van der Waals surface area contributed by atoms with Crippen LogP contribution in [0, 0.1) is 6.92 Å². The maximum Gasteiger partial charge on any atom is 0.348 e. The molecule has 0 fully saturated rings. The summed E-state index contributed by atoms with van der Waals surface area (Å²) in [5, 5.41) is 2.82. The van der Waals surface area contributed by atoms with E-state index in [4.69, 9.17) is 28.1 Å². The molecule has 0 bridgehead atoms. The molecular formula is C24H23NO9S. The van der Waals surface area contributed by atoms with Crippen molar-refractivity contribution < 1.29 is 42.5 Å². The van der Waals surface area contributed by atoms with Crippen LogP contribution in [0.25, 0.3) is 0 Å². The van der Waals surface area contributed by atoms with E-state index >= 15 is 0 Å². The van der Waals surface area contributed by atoms with E-state index in [1.807, 2.05) is 6.92 Å². The van der Waals surface area contributed by atoms with E-state index in [0.29, 0.717) is 35.0 Å². The van der Waals surface area contributed by atoms with Crippen LogP contribution >= 0.6 is 11.3 Å². The zero-order chi connectivity index (χ0) is 24.9. The number of methoxy groups -OCH3 is 1. The van der Waals surface area contributed by atoms with Crippen molar-refractivity contribution in [2.45, 2.75) is 26.9 Å². The first-order valence-corrected chi connectivity index (χ1v) is 11.5. The fourth-order valence-electron chi connectivity index (χ4n) is 3.27. The molecule has 1 aromatic carbocycles. The number of carbonyl (C=O) groups is 3. The van der Waals surface area contributed by atoms with Crippen LogP contribution in [0.2, 0.25) is 0 Å². The number of benzene rings is 1. The Morgan fingerprint density at radius 3 is 2.66 bits per heavy atom. The molecule has 35 heavy (non-hydrogen) atoms. The van der Waals surface area contributed by atoms with Crippen LogP contribution in [-0.2, 0) is 16.1 Å². The number of ether oxygens (including phenoxy) is 5. The van der Waals surface area contributed by atoms with Crippen LogP contribution in [0.4, 0.5) is 5.00 Å². The topological polar surface area (TPSA) is 123 Å². The van der Waals surface area contributed by atoms with Crippen molar-refractivity contribution >= 4 is 34.2 Å². The van der Waals surface area contributed by atoms with Gasteiger partial charge in [-0.05, 0) is 43.2 Å². The minimum Gasteiger partial charge on any atom is -0.486 e. The average molecular weight is 502 g/mol. The van der Waals surface area contributed by atoms with Crippen LogP contribution in [0.3, 0.4) is 0 Å². The molecule has 1 aliphatic heterocycles. The predicted molar refractivity (Wildman–Crippen MR) is 125 cm³/mol. The minimum atomic E-state index is -0.636. The van der Waals surface area contributed by atoms with E-state index in [9.17, 15) is 14.4 Å². The highest BCUT2D eigenvalue weighted by Crippen LogP contribution is 2.36. The Morgan fingerprint density at radius 1 is 1.09 bits per heavy atom. The van der Waals surface area contributed by atoms with Crippen LogP contribution < -0.4 is 19.5 Å². The molecule has 0 radical (unpaired) electrons. The Kier molecular flexibility index (Phi) is 7.25. The lowest BCUT2D eigenvalue weighted by molar-refractivity contribution is 0.0506. The van der Waals surface area contributed by atoms with Gasteiger partial charge in [0.1, 0.15) is 28.0 Å². The maximum absolute atomic E-state index is 12.8. The van der Waals surface area contributed by atoms with Crippen LogP contribution in [0.1, 0.15) is 55.3 Å². The number of hydrogen-bond donors (Lipinski definition) is 1. The van der Waals surface area contributed by atoms with Crippen molar-refractivity contribution in [3.05, 3.63) is 57.9 Å². The molecule has 0 aliphatic carbocycles. The standard InChI is InChI=1S/C24H23NO9S/c1-4-9-30-23(27)19-13(2)20(24(28)29-3)35-22(19)25-21(26)17-8-6-15(34-17)11-31-14-5-7-16-18(10-14)33-12-32-16/h5-8,10H,4,9,11-12H2,1-3H3,(H,25,26). The molecule has 1 amide bonds. The van der Waals surface area contributed by atoms with Crippen molar-refractivity contribution in [3.8, 4) is 17.2 Å². The zero-order valence-corrected chi connectivity index (χ0v) is 20.1. The summed E-state index contributed by atoms with van der Waals surface area (Å²) in [6.45, 7) is 3.91. The summed E-state index contributed by atoms with van der Waals surface area (Å²) in [5.74, 6) is 0.361. The number of carbonyl (C=O) groups excluding carboxylic acids is 3.